The third-order valence-electron chi connectivity index (χ3n) is 7.01. The molecule has 39 heavy (non-hydrogen) atoms. The molecule has 0 unspecified atom stereocenters. The predicted molar refractivity (Wildman–Crippen MR) is 159 cm³/mol. The molecule has 2 N–H and O–H groups in total. The van der Waals surface area contributed by atoms with Crippen LogP contribution >= 0.6 is 45.8 Å². The number of hydrogen-bond acceptors (Lipinski definition) is 6. The maximum atomic E-state index is 13.2. The number of rotatable bonds is 7. The average molecular weight is 681 g/mol. The zero-order valence-corrected chi connectivity index (χ0v) is 25.0. The molecule has 3 aliphatic rings. The van der Waals surface area contributed by atoms with E-state index in [1.165, 1.54) is 0 Å². The summed E-state index contributed by atoms with van der Waals surface area (Å²) in [6.45, 7) is 1.98. The van der Waals surface area contributed by atoms with Gasteiger partial charge in [-0.1, -0.05) is 23.2 Å². The van der Waals surface area contributed by atoms with Crippen molar-refractivity contribution in [1.29, 1.82) is 0 Å². The van der Waals surface area contributed by atoms with Crippen molar-refractivity contribution in [3.63, 3.8) is 0 Å². The van der Waals surface area contributed by atoms with Crippen LogP contribution in [0.25, 0.3) is 0 Å². The van der Waals surface area contributed by atoms with E-state index in [1.807, 2.05) is 19.1 Å². The highest BCUT2D eigenvalue weighted by atomic mass is 127. The highest BCUT2D eigenvalue weighted by molar-refractivity contribution is 14.1. The van der Waals surface area contributed by atoms with Gasteiger partial charge in [-0.05, 0) is 91.1 Å². The molecule has 5 rings (SSSR count). The fourth-order valence-electron chi connectivity index (χ4n) is 5.38. The Bertz CT molecular complexity index is 1390. The Morgan fingerprint density at radius 2 is 1.64 bits per heavy atom. The van der Waals surface area contributed by atoms with Gasteiger partial charge in [0.15, 0.2) is 29.7 Å². The first-order valence-electron chi connectivity index (χ1n) is 12.9. The molecule has 2 aromatic rings. The zero-order valence-electron chi connectivity index (χ0n) is 21.3. The lowest BCUT2D eigenvalue weighted by atomic mass is 9.71. The number of dihydropyridines is 1. The molecular weight excluding hydrogens is 654 g/mol. The molecule has 204 valence electrons. The number of amides is 1. The normalized spacial score (nSPS) is 17.4. The quantitative estimate of drug-likeness (QED) is 0.316. The van der Waals surface area contributed by atoms with Gasteiger partial charge in [0.1, 0.15) is 0 Å². The Hall–Kier alpha value is -2.56. The van der Waals surface area contributed by atoms with Gasteiger partial charge in [0, 0.05) is 47.0 Å². The molecule has 0 spiro atoms. The third-order valence-corrected chi connectivity index (χ3v) is 8.55. The first-order chi connectivity index (χ1) is 18.8. The lowest BCUT2D eigenvalue weighted by molar-refractivity contribution is -0.118. The maximum Gasteiger partial charge on any atom is 0.262 e. The summed E-state index contributed by atoms with van der Waals surface area (Å²) < 4.78 is 12.6. The van der Waals surface area contributed by atoms with Crippen molar-refractivity contribution in [1.82, 2.24) is 5.32 Å². The minimum Gasteiger partial charge on any atom is -0.490 e. The van der Waals surface area contributed by atoms with Crippen molar-refractivity contribution >= 4 is 69.0 Å². The van der Waals surface area contributed by atoms with Gasteiger partial charge < -0.3 is 20.1 Å². The molecule has 0 fully saturated rings. The van der Waals surface area contributed by atoms with Crippen LogP contribution in [0.3, 0.4) is 0 Å². The summed E-state index contributed by atoms with van der Waals surface area (Å²) in [6, 6.07) is 8.58. The van der Waals surface area contributed by atoms with Crippen molar-refractivity contribution in [2.24, 2.45) is 0 Å². The Labute approximate surface area is 250 Å². The lowest BCUT2D eigenvalue weighted by Crippen LogP contribution is -2.36. The number of benzene rings is 2. The van der Waals surface area contributed by atoms with E-state index in [0.717, 1.165) is 42.6 Å². The van der Waals surface area contributed by atoms with E-state index in [0.29, 0.717) is 61.4 Å². The van der Waals surface area contributed by atoms with Crippen LogP contribution in [0.2, 0.25) is 10.0 Å². The van der Waals surface area contributed by atoms with Crippen LogP contribution in [0.15, 0.2) is 52.9 Å². The monoisotopic (exact) mass is 680 g/mol. The predicted octanol–water partition coefficient (Wildman–Crippen LogP) is 6.72. The molecular formula is C29H27Cl2IN2O5. The van der Waals surface area contributed by atoms with E-state index in [-0.39, 0.29) is 24.1 Å². The van der Waals surface area contributed by atoms with Crippen molar-refractivity contribution in [3.05, 3.63) is 72.1 Å². The van der Waals surface area contributed by atoms with Crippen molar-refractivity contribution in [2.75, 3.05) is 18.5 Å². The summed E-state index contributed by atoms with van der Waals surface area (Å²) in [5.41, 5.74) is 4.53. The van der Waals surface area contributed by atoms with Crippen molar-refractivity contribution in [2.45, 2.75) is 51.4 Å². The topological polar surface area (TPSA) is 93.7 Å². The summed E-state index contributed by atoms with van der Waals surface area (Å²) in [4.78, 5) is 39.0. The van der Waals surface area contributed by atoms with E-state index in [2.05, 4.69) is 33.2 Å². The second-order valence-electron chi connectivity index (χ2n) is 9.62. The smallest absolute Gasteiger partial charge is 0.262 e. The van der Waals surface area contributed by atoms with Gasteiger partial charge in [0.25, 0.3) is 5.91 Å². The molecule has 2 aromatic carbocycles. The second-order valence-corrected chi connectivity index (χ2v) is 11.6. The van der Waals surface area contributed by atoms with Crippen molar-refractivity contribution in [3.8, 4) is 11.5 Å². The van der Waals surface area contributed by atoms with Gasteiger partial charge in [-0.3, -0.25) is 14.4 Å². The van der Waals surface area contributed by atoms with Gasteiger partial charge in [-0.2, -0.15) is 0 Å². The summed E-state index contributed by atoms with van der Waals surface area (Å²) >= 11 is 14.1. The van der Waals surface area contributed by atoms with Crippen LogP contribution in [-0.4, -0.2) is 30.7 Å². The van der Waals surface area contributed by atoms with E-state index in [1.54, 1.807) is 18.2 Å². The zero-order chi connectivity index (χ0) is 27.7. The van der Waals surface area contributed by atoms with E-state index < -0.39 is 5.92 Å². The molecule has 1 amide bonds. The first-order valence-corrected chi connectivity index (χ1v) is 14.7. The average Bonchev–Trinajstić information content (AvgIpc) is 2.89. The summed E-state index contributed by atoms with van der Waals surface area (Å²) in [7, 11) is 0. The van der Waals surface area contributed by atoms with E-state index in [9.17, 15) is 14.4 Å². The fraction of sp³-hybridized carbons (Fsp3) is 0.345. The SMILES string of the molecule is CCOc1cc(C2C3=C(CCCC3=O)NC3=C2C(=O)CCC3)cc(I)c1OCC(=O)Nc1ccc(Cl)c(Cl)c1. The number of carbonyl (C=O) groups excluding carboxylic acids is 3. The molecule has 1 heterocycles. The van der Waals surface area contributed by atoms with Crippen LogP contribution in [0, 0.1) is 3.57 Å². The molecule has 1 aliphatic heterocycles. The lowest BCUT2D eigenvalue weighted by Gasteiger charge is -2.37. The first kappa shape index (κ1) is 28.0. The highest BCUT2D eigenvalue weighted by Gasteiger charge is 2.40. The number of ether oxygens (including phenoxy) is 2. The van der Waals surface area contributed by atoms with Gasteiger partial charge >= 0.3 is 0 Å². The molecule has 0 atom stereocenters. The Morgan fingerprint density at radius 3 is 2.26 bits per heavy atom. The van der Waals surface area contributed by atoms with Gasteiger partial charge in [-0.15, -0.1) is 0 Å². The molecule has 0 saturated heterocycles. The third kappa shape index (κ3) is 5.83. The second kappa shape index (κ2) is 11.9. The number of Topliss-reactive ketones (excluding diaryl/α,β-unsaturated/α-hetero) is 2. The summed E-state index contributed by atoms with van der Waals surface area (Å²) in [5.74, 6) is 0.205. The van der Waals surface area contributed by atoms with Crippen LogP contribution in [0.4, 0.5) is 5.69 Å². The van der Waals surface area contributed by atoms with Gasteiger partial charge in [-0.25, -0.2) is 0 Å². The Balaban J connectivity index is 1.46. The molecule has 0 bridgehead atoms. The van der Waals surface area contributed by atoms with Crippen LogP contribution < -0.4 is 20.1 Å². The standard InChI is InChI=1S/C29H27Cl2IN2O5/c1-2-38-24-12-15(11-19(32)29(24)39-14-25(37)33-16-9-10-17(30)18(31)13-16)26-27-20(5-3-7-22(27)35)34-21-6-4-8-23(36)28(21)26/h9-13,26,34H,2-8,14H2,1H3,(H,33,37). The summed E-state index contributed by atoms with van der Waals surface area (Å²) in [5, 5.41) is 6.91. The maximum absolute atomic E-state index is 13.2. The van der Waals surface area contributed by atoms with Crippen LogP contribution in [0.5, 0.6) is 11.5 Å². The fourth-order valence-corrected chi connectivity index (χ4v) is 6.46. The highest BCUT2D eigenvalue weighted by Crippen LogP contribution is 2.47. The number of halogens is 3. The minimum absolute atomic E-state index is 0.0749. The number of allylic oxidation sites excluding steroid dienone is 4. The molecule has 2 aliphatic carbocycles. The molecule has 0 aromatic heterocycles. The number of ketones is 2. The molecule has 10 heteroatoms. The van der Waals surface area contributed by atoms with Crippen LogP contribution in [0.1, 0.15) is 56.9 Å². The number of hydrogen-bond donors (Lipinski definition) is 2. The number of carbonyl (C=O) groups is 3. The minimum atomic E-state index is -0.448. The van der Waals surface area contributed by atoms with Crippen molar-refractivity contribution < 1.29 is 23.9 Å². The van der Waals surface area contributed by atoms with Gasteiger partial charge in [0.05, 0.1) is 20.2 Å². The Kier molecular flexibility index (Phi) is 8.54. The van der Waals surface area contributed by atoms with Crippen LogP contribution in [-0.2, 0) is 14.4 Å². The number of anilines is 1. The molecule has 0 radical (unpaired) electrons. The number of nitrogens with one attached hydrogen (secondary N) is 2. The Morgan fingerprint density at radius 1 is 0.974 bits per heavy atom. The molecule has 0 saturated carbocycles. The van der Waals surface area contributed by atoms with Gasteiger partial charge in [0.2, 0.25) is 0 Å². The van der Waals surface area contributed by atoms with E-state index >= 15 is 0 Å². The molecule has 7 nitrogen and oxygen atoms in total. The summed E-state index contributed by atoms with van der Waals surface area (Å²) in [6.07, 6.45) is 4.11. The van der Waals surface area contributed by atoms with E-state index in [4.69, 9.17) is 32.7 Å². The largest absolute Gasteiger partial charge is 0.490 e.